The summed E-state index contributed by atoms with van der Waals surface area (Å²) in [5.41, 5.74) is 0.868. The molecule has 0 atom stereocenters. The summed E-state index contributed by atoms with van der Waals surface area (Å²) in [5.74, 6) is 1.23. The largest absolute Gasteiger partial charge is 0.504 e. The molecule has 0 bridgehead atoms. The molecule has 0 aromatic heterocycles. The molecule has 3 N–H and O–H groups in total. The normalized spacial score (nSPS) is 22.4. The molecule has 3 amide bonds. The fraction of sp³-hybridized carbons (Fsp3) is 0.652. The van der Waals surface area contributed by atoms with Crippen LogP contribution in [-0.2, 0) is 11.3 Å². The highest BCUT2D eigenvalue weighted by atomic mass is 16.5. The molecule has 166 valence electrons. The van der Waals surface area contributed by atoms with Gasteiger partial charge in [0.2, 0.25) is 5.91 Å². The lowest BCUT2D eigenvalue weighted by Gasteiger charge is -2.34. The minimum atomic E-state index is -0.0759. The Balaban J connectivity index is 1.39. The highest BCUT2D eigenvalue weighted by molar-refractivity contribution is 5.79. The summed E-state index contributed by atoms with van der Waals surface area (Å²) in [4.78, 5) is 27.0. The number of nitrogens with zero attached hydrogens (tertiary/aromatic N) is 1. The number of hydrogen-bond donors (Lipinski definition) is 3. The molecule has 0 radical (unpaired) electrons. The van der Waals surface area contributed by atoms with E-state index in [1.165, 1.54) is 26.4 Å². The molecule has 1 aromatic carbocycles. The Hall–Kier alpha value is -2.44. The Morgan fingerprint density at radius 2 is 1.83 bits per heavy atom. The average Bonchev–Trinajstić information content (AvgIpc) is 2.78. The first-order valence-electron chi connectivity index (χ1n) is 11.2. The fourth-order valence-corrected chi connectivity index (χ4v) is 4.49. The third-order valence-corrected chi connectivity index (χ3v) is 6.62. The number of amides is 3. The maximum absolute atomic E-state index is 12.6. The Kier molecular flexibility index (Phi) is 7.82. The molecule has 0 unspecified atom stereocenters. The van der Waals surface area contributed by atoms with Crippen LogP contribution in [0.4, 0.5) is 4.79 Å². The quantitative estimate of drug-likeness (QED) is 0.662. The number of piperidine rings is 1. The third-order valence-electron chi connectivity index (χ3n) is 6.62. The Morgan fingerprint density at radius 3 is 2.47 bits per heavy atom. The topological polar surface area (TPSA) is 90.9 Å². The van der Waals surface area contributed by atoms with Crippen molar-refractivity contribution in [3.8, 4) is 11.5 Å². The Labute approximate surface area is 179 Å². The van der Waals surface area contributed by atoms with E-state index in [1.807, 2.05) is 4.90 Å². The van der Waals surface area contributed by atoms with Crippen molar-refractivity contribution in [3.05, 3.63) is 23.8 Å². The fourth-order valence-electron chi connectivity index (χ4n) is 4.49. The Bertz CT molecular complexity index is 723. The van der Waals surface area contributed by atoms with Crippen LogP contribution in [0, 0.1) is 11.8 Å². The standard InChI is InChI=1S/C23H35N3O4/c1-3-16-4-7-19(8-5-16)25-23(29)26-12-10-18(11-13-26)22(28)24-15-17-6-9-20(27)21(14-17)30-2/h6,9,14,16,18-19,27H,3-5,7-8,10-13,15H2,1-2H3,(H,24,28)(H,25,29). The number of rotatable bonds is 6. The van der Waals surface area contributed by atoms with E-state index in [0.29, 0.717) is 44.3 Å². The lowest BCUT2D eigenvalue weighted by atomic mass is 9.84. The van der Waals surface area contributed by atoms with Gasteiger partial charge in [-0.1, -0.05) is 19.4 Å². The molecule has 7 heteroatoms. The van der Waals surface area contributed by atoms with Gasteiger partial charge in [-0.25, -0.2) is 4.79 Å². The summed E-state index contributed by atoms with van der Waals surface area (Å²) in [5, 5.41) is 15.8. The molecule has 1 heterocycles. The number of phenols is 1. The maximum atomic E-state index is 12.6. The number of likely N-dealkylation sites (tertiary alicyclic amines) is 1. The van der Waals surface area contributed by atoms with E-state index in [0.717, 1.165) is 24.3 Å². The van der Waals surface area contributed by atoms with Gasteiger partial charge < -0.3 is 25.4 Å². The van der Waals surface area contributed by atoms with Crippen molar-refractivity contribution in [1.29, 1.82) is 0 Å². The Morgan fingerprint density at radius 1 is 1.13 bits per heavy atom. The van der Waals surface area contributed by atoms with Crippen LogP contribution in [0.2, 0.25) is 0 Å². The molecule has 30 heavy (non-hydrogen) atoms. The monoisotopic (exact) mass is 417 g/mol. The summed E-state index contributed by atoms with van der Waals surface area (Å²) in [7, 11) is 1.50. The first kappa shape index (κ1) is 22.2. The molecular formula is C23H35N3O4. The zero-order chi connectivity index (χ0) is 21.5. The number of aromatic hydroxyl groups is 1. The second kappa shape index (κ2) is 10.5. The molecule has 1 saturated carbocycles. The van der Waals surface area contributed by atoms with Crippen LogP contribution in [0.15, 0.2) is 18.2 Å². The average molecular weight is 418 g/mol. The van der Waals surface area contributed by atoms with E-state index < -0.39 is 0 Å². The molecule has 1 aromatic rings. The maximum Gasteiger partial charge on any atom is 0.317 e. The van der Waals surface area contributed by atoms with Crippen molar-refractivity contribution >= 4 is 11.9 Å². The molecule has 3 rings (SSSR count). The number of phenolic OH excluding ortho intramolecular Hbond substituents is 1. The second-order valence-corrected chi connectivity index (χ2v) is 8.56. The smallest absolute Gasteiger partial charge is 0.317 e. The van der Waals surface area contributed by atoms with Crippen molar-refractivity contribution in [1.82, 2.24) is 15.5 Å². The van der Waals surface area contributed by atoms with Crippen LogP contribution in [-0.4, -0.2) is 48.2 Å². The number of carbonyl (C=O) groups excluding carboxylic acids is 2. The van der Waals surface area contributed by atoms with Gasteiger partial charge in [0.05, 0.1) is 7.11 Å². The van der Waals surface area contributed by atoms with Crippen LogP contribution >= 0.6 is 0 Å². The van der Waals surface area contributed by atoms with E-state index in [-0.39, 0.29) is 23.6 Å². The van der Waals surface area contributed by atoms with Crippen LogP contribution in [0.5, 0.6) is 11.5 Å². The van der Waals surface area contributed by atoms with Gasteiger partial charge in [0.25, 0.3) is 0 Å². The minimum Gasteiger partial charge on any atom is -0.504 e. The van der Waals surface area contributed by atoms with Crippen LogP contribution in [0.25, 0.3) is 0 Å². The molecule has 1 saturated heterocycles. The highest BCUT2D eigenvalue weighted by Crippen LogP contribution is 2.27. The molecular weight excluding hydrogens is 382 g/mol. The van der Waals surface area contributed by atoms with E-state index in [2.05, 4.69) is 17.6 Å². The molecule has 2 fully saturated rings. The van der Waals surface area contributed by atoms with Crippen molar-refractivity contribution < 1.29 is 19.4 Å². The number of carbonyl (C=O) groups is 2. The molecule has 2 aliphatic rings. The number of benzene rings is 1. The van der Waals surface area contributed by atoms with Gasteiger partial charge in [0.15, 0.2) is 11.5 Å². The zero-order valence-electron chi connectivity index (χ0n) is 18.2. The summed E-state index contributed by atoms with van der Waals surface area (Å²) in [6.45, 7) is 3.85. The number of methoxy groups -OCH3 is 1. The summed E-state index contributed by atoms with van der Waals surface area (Å²) in [6, 6.07) is 5.36. The van der Waals surface area contributed by atoms with Crippen LogP contribution in [0.3, 0.4) is 0 Å². The van der Waals surface area contributed by atoms with Gasteiger partial charge in [-0.3, -0.25) is 4.79 Å². The van der Waals surface area contributed by atoms with E-state index in [9.17, 15) is 14.7 Å². The van der Waals surface area contributed by atoms with E-state index >= 15 is 0 Å². The number of urea groups is 1. The predicted octanol–water partition coefficient (Wildman–Crippen LogP) is 3.41. The van der Waals surface area contributed by atoms with Crippen LogP contribution in [0.1, 0.15) is 57.4 Å². The van der Waals surface area contributed by atoms with Gasteiger partial charge in [0.1, 0.15) is 0 Å². The first-order valence-corrected chi connectivity index (χ1v) is 11.2. The minimum absolute atomic E-state index is 0.0139. The zero-order valence-corrected chi connectivity index (χ0v) is 18.2. The van der Waals surface area contributed by atoms with Gasteiger partial charge in [-0.15, -0.1) is 0 Å². The molecule has 1 aliphatic heterocycles. The lowest BCUT2D eigenvalue weighted by molar-refractivity contribution is -0.126. The first-order chi connectivity index (χ1) is 14.5. The van der Waals surface area contributed by atoms with E-state index in [4.69, 9.17) is 4.74 Å². The molecule has 1 aliphatic carbocycles. The van der Waals surface area contributed by atoms with Gasteiger partial charge in [0, 0.05) is 31.6 Å². The highest BCUT2D eigenvalue weighted by Gasteiger charge is 2.29. The number of nitrogens with one attached hydrogen (secondary N) is 2. The van der Waals surface area contributed by atoms with Gasteiger partial charge >= 0.3 is 6.03 Å². The molecule has 7 nitrogen and oxygen atoms in total. The number of ether oxygens (including phenoxy) is 1. The lowest BCUT2D eigenvalue weighted by Crippen LogP contribution is -2.50. The van der Waals surface area contributed by atoms with Crippen LogP contribution < -0.4 is 15.4 Å². The third kappa shape index (κ3) is 5.80. The van der Waals surface area contributed by atoms with Crippen molar-refractivity contribution in [2.75, 3.05) is 20.2 Å². The van der Waals surface area contributed by atoms with Crippen molar-refractivity contribution in [2.24, 2.45) is 11.8 Å². The summed E-state index contributed by atoms with van der Waals surface area (Å²) >= 11 is 0. The van der Waals surface area contributed by atoms with Crippen molar-refractivity contribution in [2.45, 2.75) is 64.5 Å². The molecule has 0 spiro atoms. The van der Waals surface area contributed by atoms with Gasteiger partial charge in [-0.05, 0) is 62.1 Å². The number of hydrogen-bond acceptors (Lipinski definition) is 4. The van der Waals surface area contributed by atoms with Crippen molar-refractivity contribution in [3.63, 3.8) is 0 Å². The van der Waals surface area contributed by atoms with E-state index in [1.54, 1.807) is 18.2 Å². The second-order valence-electron chi connectivity index (χ2n) is 8.56. The van der Waals surface area contributed by atoms with Gasteiger partial charge in [-0.2, -0.15) is 0 Å². The summed E-state index contributed by atoms with van der Waals surface area (Å²) < 4.78 is 5.10. The summed E-state index contributed by atoms with van der Waals surface area (Å²) in [6.07, 6.45) is 7.15. The predicted molar refractivity (Wildman–Crippen MR) is 115 cm³/mol. The SMILES string of the molecule is CCC1CCC(NC(=O)N2CCC(C(=O)NCc3ccc(O)c(OC)c3)CC2)CC1.